The molecule has 0 saturated carbocycles. The van der Waals surface area contributed by atoms with Gasteiger partial charge in [0.1, 0.15) is 5.75 Å². The van der Waals surface area contributed by atoms with Gasteiger partial charge in [0, 0.05) is 24.1 Å². The number of carbonyl (C=O) groups is 1. The van der Waals surface area contributed by atoms with Gasteiger partial charge in [0.15, 0.2) is 4.80 Å². The predicted molar refractivity (Wildman–Crippen MR) is 128 cm³/mol. The second-order valence-electron chi connectivity index (χ2n) is 7.54. The SMILES string of the molecule is CCn1c(=NC(=O)C2CCCN(S(=O)(=O)c3ccc(OC)cc3)C2)sc2cccc(Br)c21. The molecule has 2 aromatic carbocycles. The zero-order valence-corrected chi connectivity index (χ0v) is 21.0. The maximum Gasteiger partial charge on any atom is 0.252 e. The summed E-state index contributed by atoms with van der Waals surface area (Å²) in [5.74, 6) is -0.145. The number of aryl methyl sites for hydroxylation is 1. The molecule has 1 aliphatic heterocycles. The fraction of sp³-hybridized carbons (Fsp3) is 0.364. The number of benzene rings is 2. The normalized spacial score (nSPS) is 18.2. The molecule has 1 fully saturated rings. The van der Waals surface area contributed by atoms with Gasteiger partial charge in [0.2, 0.25) is 10.0 Å². The Bertz CT molecular complexity index is 1310. The summed E-state index contributed by atoms with van der Waals surface area (Å²) in [5, 5.41) is 0. The first kappa shape index (κ1) is 23.2. The van der Waals surface area contributed by atoms with Crippen LogP contribution >= 0.6 is 27.3 Å². The highest BCUT2D eigenvalue weighted by Crippen LogP contribution is 2.27. The third-order valence-electron chi connectivity index (χ3n) is 5.60. The fourth-order valence-corrected chi connectivity index (χ4v) is 7.27. The topological polar surface area (TPSA) is 81.0 Å². The van der Waals surface area contributed by atoms with Gasteiger partial charge in [-0.3, -0.25) is 4.79 Å². The van der Waals surface area contributed by atoms with Crippen LogP contribution in [-0.4, -0.2) is 43.4 Å². The van der Waals surface area contributed by atoms with E-state index in [0.717, 1.165) is 14.7 Å². The molecule has 1 unspecified atom stereocenters. The first-order valence-electron chi connectivity index (χ1n) is 10.4. The zero-order valence-electron chi connectivity index (χ0n) is 17.8. The number of hydrogen-bond acceptors (Lipinski definition) is 5. The molecule has 7 nitrogen and oxygen atoms in total. The number of fused-ring (bicyclic) bond motifs is 1. The van der Waals surface area contributed by atoms with Gasteiger partial charge in [-0.1, -0.05) is 17.4 Å². The van der Waals surface area contributed by atoms with Crippen molar-refractivity contribution in [1.29, 1.82) is 0 Å². The predicted octanol–water partition coefficient (Wildman–Crippen LogP) is 4.02. The summed E-state index contributed by atoms with van der Waals surface area (Å²) >= 11 is 5.05. The molecule has 10 heteroatoms. The third kappa shape index (κ3) is 4.41. The van der Waals surface area contributed by atoms with Crippen molar-refractivity contribution in [2.45, 2.75) is 31.2 Å². The molecule has 1 saturated heterocycles. The highest BCUT2D eigenvalue weighted by atomic mass is 79.9. The Hall–Kier alpha value is -2.01. The van der Waals surface area contributed by atoms with Crippen LogP contribution in [0.15, 0.2) is 56.8 Å². The van der Waals surface area contributed by atoms with Gasteiger partial charge < -0.3 is 9.30 Å². The van der Waals surface area contributed by atoms with E-state index in [4.69, 9.17) is 4.74 Å². The van der Waals surface area contributed by atoms with Crippen LogP contribution < -0.4 is 9.54 Å². The third-order valence-corrected chi connectivity index (χ3v) is 9.17. The quantitative estimate of drug-likeness (QED) is 0.492. The van der Waals surface area contributed by atoms with Crippen LogP contribution in [0.25, 0.3) is 10.2 Å². The lowest BCUT2D eigenvalue weighted by molar-refractivity contribution is -0.122. The van der Waals surface area contributed by atoms with Gasteiger partial charge in [-0.25, -0.2) is 8.42 Å². The minimum Gasteiger partial charge on any atom is -0.497 e. The maximum atomic E-state index is 13.1. The first-order chi connectivity index (χ1) is 15.3. The molecule has 0 spiro atoms. The van der Waals surface area contributed by atoms with Crippen LogP contribution in [0, 0.1) is 5.92 Å². The smallest absolute Gasteiger partial charge is 0.252 e. The van der Waals surface area contributed by atoms with Gasteiger partial charge >= 0.3 is 0 Å². The maximum absolute atomic E-state index is 13.1. The zero-order chi connectivity index (χ0) is 22.9. The van der Waals surface area contributed by atoms with Crippen LogP contribution in [0.1, 0.15) is 19.8 Å². The van der Waals surface area contributed by atoms with E-state index < -0.39 is 15.9 Å². The van der Waals surface area contributed by atoms with Crippen LogP contribution in [0.5, 0.6) is 5.75 Å². The number of sulfonamides is 1. The number of carbonyl (C=O) groups excluding carboxylic acids is 1. The molecule has 1 aliphatic rings. The molecule has 1 amide bonds. The molecule has 0 radical (unpaired) electrons. The van der Waals surface area contributed by atoms with Crippen molar-refractivity contribution in [2.75, 3.05) is 20.2 Å². The second-order valence-corrected chi connectivity index (χ2v) is 11.3. The second kappa shape index (κ2) is 9.46. The van der Waals surface area contributed by atoms with Crippen LogP contribution in [0.3, 0.4) is 0 Å². The number of methoxy groups -OCH3 is 1. The number of piperidine rings is 1. The van der Waals surface area contributed by atoms with E-state index in [-0.39, 0.29) is 17.3 Å². The van der Waals surface area contributed by atoms with Gasteiger partial charge in [0.05, 0.1) is 28.1 Å². The Morgan fingerprint density at radius 1 is 1.25 bits per heavy atom. The Morgan fingerprint density at radius 3 is 2.69 bits per heavy atom. The van der Waals surface area contributed by atoms with E-state index in [1.807, 2.05) is 29.7 Å². The molecular formula is C22H24BrN3O4S2. The van der Waals surface area contributed by atoms with Gasteiger partial charge in [-0.05, 0) is 72.1 Å². The Labute approximate surface area is 199 Å². The lowest BCUT2D eigenvalue weighted by Crippen LogP contribution is -2.42. The number of para-hydroxylation sites is 1. The lowest BCUT2D eigenvalue weighted by atomic mass is 9.99. The van der Waals surface area contributed by atoms with E-state index >= 15 is 0 Å². The van der Waals surface area contributed by atoms with Crippen molar-refractivity contribution in [3.63, 3.8) is 0 Å². The summed E-state index contributed by atoms with van der Waals surface area (Å²) in [6.45, 7) is 3.22. The van der Waals surface area contributed by atoms with E-state index in [0.29, 0.717) is 36.5 Å². The molecule has 1 atom stereocenters. The van der Waals surface area contributed by atoms with Crippen molar-refractivity contribution < 1.29 is 17.9 Å². The van der Waals surface area contributed by atoms with E-state index in [1.54, 1.807) is 12.1 Å². The number of halogens is 1. The summed E-state index contributed by atoms with van der Waals surface area (Å²) in [4.78, 5) is 18.3. The van der Waals surface area contributed by atoms with Crippen molar-refractivity contribution in [1.82, 2.24) is 8.87 Å². The summed E-state index contributed by atoms with van der Waals surface area (Å²) in [5.41, 5.74) is 1.01. The van der Waals surface area contributed by atoms with Crippen molar-refractivity contribution in [3.8, 4) is 5.75 Å². The Balaban J connectivity index is 1.60. The van der Waals surface area contributed by atoms with Crippen LogP contribution in [0.4, 0.5) is 0 Å². The van der Waals surface area contributed by atoms with Crippen LogP contribution in [0.2, 0.25) is 0 Å². The average molecular weight is 538 g/mol. The molecule has 0 bridgehead atoms. The standard InChI is InChI=1S/C22H24BrN3O4S2/c1-3-26-20-18(23)7-4-8-19(20)31-22(26)24-21(27)15-6-5-13-25(14-15)32(28,29)17-11-9-16(30-2)10-12-17/h4,7-12,15H,3,5-6,13-14H2,1-2H3. The fourth-order valence-electron chi connectivity index (χ4n) is 3.91. The summed E-state index contributed by atoms with van der Waals surface area (Å²) in [6, 6.07) is 12.2. The number of amides is 1. The minimum absolute atomic E-state index is 0.136. The molecule has 32 heavy (non-hydrogen) atoms. The van der Waals surface area contributed by atoms with Gasteiger partial charge in [0.25, 0.3) is 5.91 Å². The van der Waals surface area contributed by atoms with Gasteiger partial charge in [-0.15, -0.1) is 0 Å². The lowest BCUT2D eigenvalue weighted by Gasteiger charge is -2.30. The number of ether oxygens (including phenoxy) is 1. The molecule has 3 aromatic rings. The monoisotopic (exact) mass is 537 g/mol. The number of hydrogen-bond donors (Lipinski definition) is 0. The van der Waals surface area contributed by atoms with Crippen molar-refractivity contribution in [3.05, 3.63) is 51.7 Å². The number of nitrogens with zero attached hydrogens (tertiary/aromatic N) is 3. The Kier molecular flexibility index (Phi) is 6.85. The highest BCUT2D eigenvalue weighted by Gasteiger charge is 2.33. The minimum atomic E-state index is -3.69. The number of rotatable bonds is 5. The molecule has 4 rings (SSSR count). The van der Waals surface area contributed by atoms with E-state index in [1.165, 1.54) is 34.9 Å². The Morgan fingerprint density at radius 2 is 2.00 bits per heavy atom. The number of aromatic nitrogens is 1. The summed E-state index contributed by atoms with van der Waals surface area (Å²) in [7, 11) is -2.16. The largest absolute Gasteiger partial charge is 0.497 e. The van der Waals surface area contributed by atoms with Crippen LogP contribution in [-0.2, 0) is 21.4 Å². The summed E-state index contributed by atoms with van der Waals surface area (Å²) < 4.78 is 36.7. The van der Waals surface area contributed by atoms with Crippen molar-refractivity contribution >= 4 is 53.4 Å². The molecule has 0 N–H and O–H groups in total. The number of thiazole rings is 1. The molecule has 170 valence electrons. The molecule has 2 heterocycles. The first-order valence-corrected chi connectivity index (χ1v) is 13.4. The highest BCUT2D eigenvalue weighted by molar-refractivity contribution is 9.10. The van der Waals surface area contributed by atoms with E-state index in [2.05, 4.69) is 20.9 Å². The average Bonchev–Trinajstić information content (AvgIpc) is 3.17. The van der Waals surface area contributed by atoms with E-state index in [9.17, 15) is 13.2 Å². The van der Waals surface area contributed by atoms with Gasteiger partial charge in [-0.2, -0.15) is 9.30 Å². The molecule has 1 aromatic heterocycles. The molecular weight excluding hydrogens is 514 g/mol. The summed E-state index contributed by atoms with van der Waals surface area (Å²) in [6.07, 6.45) is 1.24. The van der Waals surface area contributed by atoms with Crippen molar-refractivity contribution in [2.24, 2.45) is 10.9 Å². The molecule has 0 aliphatic carbocycles.